The van der Waals surface area contributed by atoms with Gasteiger partial charge in [-0.15, -0.1) is 0 Å². The lowest BCUT2D eigenvalue weighted by Crippen LogP contribution is -2.19. The Bertz CT molecular complexity index is 620. The molecule has 1 rings (SSSR count). The van der Waals surface area contributed by atoms with Crippen LogP contribution in [0.3, 0.4) is 0 Å². The van der Waals surface area contributed by atoms with Crippen molar-refractivity contribution < 1.29 is 22.2 Å². The number of benzene rings is 1. The monoisotopic (exact) mass is 327 g/mol. The molecular weight excluding hydrogens is 306 g/mol. The van der Waals surface area contributed by atoms with Gasteiger partial charge in [0, 0.05) is 6.42 Å². The summed E-state index contributed by atoms with van der Waals surface area (Å²) in [7, 11) is -4.04. The summed E-state index contributed by atoms with van der Waals surface area (Å²) in [6, 6.07) is 6.17. The third kappa shape index (κ3) is 5.48. The van der Waals surface area contributed by atoms with Crippen molar-refractivity contribution in [1.82, 2.24) is 0 Å². The Balaban J connectivity index is 2.91. The molecule has 0 saturated carbocycles. The number of oxime groups is 1. The van der Waals surface area contributed by atoms with Gasteiger partial charge in [-0.1, -0.05) is 36.2 Å². The first kappa shape index (κ1) is 18.2. The highest BCUT2D eigenvalue weighted by molar-refractivity contribution is 7.86. The molecule has 22 heavy (non-hydrogen) atoms. The van der Waals surface area contributed by atoms with E-state index in [9.17, 15) is 13.2 Å². The zero-order chi connectivity index (χ0) is 16.6. The molecule has 0 bridgehead atoms. The molecule has 0 aliphatic rings. The largest absolute Gasteiger partial charge is 0.461 e. The number of aryl methyl sites for hydroxylation is 1. The first-order valence-corrected chi connectivity index (χ1v) is 8.55. The van der Waals surface area contributed by atoms with Gasteiger partial charge in [0.1, 0.15) is 4.90 Å². The van der Waals surface area contributed by atoms with Gasteiger partial charge in [-0.25, -0.2) is 4.79 Å². The van der Waals surface area contributed by atoms with E-state index in [0.29, 0.717) is 12.8 Å². The molecule has 1 aromatic rings. The van der Waals surface area contributed by atoms with E-state index < -0.39 is 16.1 Å². The van der Waals surface area contributed by atoms with Crippen molar-refractivity contribution in [3.05, 3.63) is 29.8 Å². The van der Waals surface area contributed by atoms with E-state index in [1.165, 1.54) is 12.1 Å². The van der Waals surface area contributed by atoms with Gasteiger partial charge in [-0.3, -0.25) is 4.28 Å². The van der Waals surface area contributed by atoms with Crippen molar-refractivity contribution >= 4 is 21.8 Å². The Kier molecular flexibility index (Phi) is 7.04. The third-order valence-electron chi connectivity index (χ3n) is 2.83. The van der Waals surface area contributed by atoms with Crippen molar-refractivity contribution in [2.45, 2.75) is 44.9 Å². The van der Waals surface area contributed by atoms with Crippen LogP contribution in [-0.4, -0.2) is 26.7 Å². The van der Waals surface area contributed by atoms with Crippen LogP contribution in [0.15, 0.2) is 34.3 Å². The highest BCUT2D eigenvalue weighted by Crippen LogP contribution is 2.14. The molecule has 0 amide bonds. The van der Waals surface area contributed by atoms with Crippen LogP contribution < -0.4 is 0 Å². The quantitative estimate of drug-likeness (QED) is 0.416. The number of carbonyl (C=O) groups is 1. The fourth-order valence-corrected chi connectivity index (χ4v) is 2.33. The molecule has 6 nitrogen and oxygen atoms in total. The Labute approximate surface area is 131 Å². The molecule has 0 aromatic heterocycles. The predicted octanol–water partition coefficient (Wildman–Crippen LogP) is 2.81. The molecule has 122 valence electrons. The number of hydrogen-bond donors (Lipinski definition) is 0. The number of esters is 1. The zero-order valence-corrected chi connectivity index (χ0v) is 13.9. The highest BCUT2D eigenvalue weighted by Gasteiger charge is 2.19. The molecule has 0 atom stereocenters. The van der Waals surface area contributed by atoms with Gasteiger partial charge in [-0.2, -0.15) is 8.42 Å². The standard InChI is InChI=1S/C15H21NO5S/c1-4-6-7-14(15(17)20-5-2)16-21-22(18,19)13-10-8-12(3)9-11-13/h8-11H,4-7H2,1-3H3/b16-14+. The van der Waals surface area contributed by atoms with Gasteiger partial charge in [0.25, 0.3) is 0 Å². The molecule has 0 unspecified atom stereocenters. The maximum atomic E-state index is 12.0. The maximum Gasteiger partial charge on any atom is 0.358 e. The summed E-state index contributed by atoms with van der Waals surface area (Å²) in [5.41, 5.74) is 0.900. The number of hydrogen-bond acceptors (Lipinski definition) is 6. The lowest BCUT2D eigenvalue weighted by atomic mass is 10.2. The van der Waals surface area contributed by atoms with Crippen LogP contribution in [0.25, 0.3) is 0 Å². The normalized spacial score (nSPS) is 12.0. The van der Waals surface area contributed by atoms with Crippen molar-refractivity contribution in [2.75, 3.05) is 6.61 Å². The number of nitrogens with zero attached hydrogens (tertiary/aromatic N) is 1. The van der Waals surface area contributed by atoms with Gasteiger partial charge < -0.3 is 4.74 Å². The summed E-state index contributed by atoms with van der Waals surface area (Å²) < 4.78 is 33.5. The second-order valence-electron chi connectivity index (χ2n) is 4.70. The number of rotatable bonds is 8. The summed E-state index contributed by atoms with van der Waals surface area (Å²) in [5.74, 6) is -0.657. The van der Waals surface area contributed by atoms with E-state index in [-0.39, 0.29) is 17.2 Å². The first-order chi connectivity index (χ1) is 10.4. The molecule has 7 heteroatoms. The van der Waals surface area contributed by atoms with E-state index in [0.717, 1.165) is 12.0 Å². The van der Waals surface area contributed by atoms with Gasteiger partial charge in [0.15, 0.2) is 5.71 Å². The molecule has 0 fully saturated rings. The average molecular weight is 327 g/mol. The van der Waals surface area contributed by atoms with Crippen LogP contribution in [0.5, 0.6) is 0 Å². The van der Waals surface area contributed by atoms with Crippen LogP contribution in [0.1, 0.15) is 38.7 Å². The SMILES string of the molecule is CCCC/C(=N\OS(=O)(=O)c1ccc(C)cc1)C(=O)OCC. The molecule has 0 heterocycles. The molecule has 0 radical (unpaired) electrons. The molecule has 0 aliphatic heterocycles. The molecule has 0 aliphatic carbocycles. The Morgan fingerprint density at radius 1 is 1.18 bits per heavy atom. The van der Waals surface area contributed by atoms with Crippen LogP contribution >= 0.6 is 0 Å². The lowest BCUT2D eigenvalue weighted by molar-refractivity contribution is -0.135. The van der Waals surface area contributed by atoms with E-state index in [2.05, 4.69) is 9.44 Å². The summed E-state index contributed by atoms with van der Waals surface area (Å²) in [6.07, 6.45) is 1.83. The van der Waals surface area contributed by atoms with Gasteiger partial charge in [0.2, 0.25) is 0 Å². The van der Waals surface area contributed by atoms with E-state index in [1.54, 1.807) is 19.1 Å². The molecule has 0 saturated heterocycles. The van der Waals surface area contributed by atoms with E-state index in [4.69, 9.17) is 4.74 Å². The van der Waals surface area contributed by atoms with Crippen LogP contribution in [0.4, 0.5) is 0 Å². The smallest absolute Gasteiger partial charge is 0.358 e. The summed E-state index contributed by atoms with van der Waals surface area (Å²) in [5, 5.41) is 3.50. The second kappa shape index (κ2) is 8.53. The number of ether oxygens (including phenoxy) is 1. The lowest BCUT2D eigenvalue weighted by Gasteiger charge is -2.06. The van der Waals surface area contributed by atoms with E-state index >= 15 is 0 Å². The van der Waals surface area contributed by atoms with Gasteiger partial charge >= 0.3 is 16.1 Å². The summed E-state index contributed by atoms with van der Waals surface area (Å²) >= 11 is 0. The van der Waals surface area contributed by atoms with E-state index in [1.807, 2.05) is 13.8 Å². The third-order valence-corrected chi connectivity index (χ3v) is 3.95. The van der Waals surface area contributed by atoms with Gasteiger partial charge in [-0.05, 0) is 32.4 Å². The minimum Gasteiger partial charge on any atom is -0.461 e. The maximum absolute atomic E-state index is 12.0. The van der Waals surface area contributed by atoms with Gasteiger partial charge in [0.05, 0.1) is 6.61 Å². The topological polar surface area (TPSA) is 82.0 Å². The van der Waals surface area contributed by atoms with Crippen molar-refractivity contribution in [3.8, 4) is 0 Å². The fraction of sp³-hybridized carbons (Fsp3) is 0.467. The number of unbranched alkanes of at least 4 members (excludes halogenated alkanes) is 1. The molecule has 0 spiro atoms. The number of carbonyl (C=O) groups excluding carboxylic acids is 1. The summed E-state index contributed by atoms with van der Waals surface area (Å²) in [4.78, 5) is 11.7. The summed E-state index contributed by atoms with van der Waals surface area (Å²) in [6.45, 7) is 5.65. The molecular formula is C15H21NO5S. The minimum atomic E-state index is -4.04. The molecule has 0 N–H and O–H groups in total. The first-order valence-electron chi connectivity index (χ1n) is 7.15. The Morgan fingerprint density at radius 3 is 2.36 bits per heavy atom. The fourth-order valence-electron chi connectivity index (χ4n) is 1.59. The highest BCUT2D eigenvalue weighted by atomic mass is 32.2. The Hall–Kier alpha value is -1.89. The average Bonchev–Trinajstić information content (AvgIpc) is 2.48. The predicted molar refractivity (Wildman–Crippen MR) is 83.0 cm³/mol. The van der Waals surface area contributed by atoms with Crippen LogP contribution in [0.2, 0.25) is 0 Å². The molecule has 1 aromatic carbocycles. The second-order valence-corrected chi connectivity index (χ2v) is 6.23. The van der Waals surface area contributed by atoms with Crippen molar-refractivity contribution in [3.63, 3.8) is 0 Å². The zero-order valence-electron chi connectivity index (χ0n) is 13.0. The van der Waals surface area contributed by atoms with Crippen LogP contribution in [0, 0.1) is 6.92 Å². The minimum absolute atomic E-state index is 0.0134. The van der Waals surface area contributed by atoms with Crippen molar-refractivity contribution in [1.29, 1.82) is 0 Å². The Morgan fingerprint density at radius 2 is 1.82 bits per heavy atom. The van der Waals surface area contributed by atoms with Crippen LogP contribution in [-0.2, 0) is 23.9 Å². The van der Waals surface area contributed by atoms with Crippen molar-refractivity contribution in [2.24, 2.45) is 5.16 Å².